The molecule has 30 heavy (non-hydrogen) atoms. The van der Waals surface area contributed by atoms with Gasteiger partial charge in [0.2, 0.25) is 0 Å². The zero-order valence-corrected chi connectivity index (χ0v) is 17.2. The highest BCUT2D eigenvalue weighted by atomic mass is 16.5. The van der Waals surface area contributed by atoms with E-state index in [9.17, 15) is 4.79 Å². The Morgan fingerprint density at radius 3 is 2.70 bits per heavy atom. The zero-order valence-electron chi connectivity index (χ0n) is 17.2. The number of rotatable bonds is 5. The van der Waals surface area contributed by atoms with Crippen LogP contribution in [0.15, 0.2) is 30.3 Å². The number of aromatic nitrogens is 4. The van der Waals surface area contributed by atoms with Gasteiger partial charge in [0.1, 0.15) is 24.8 Å². The molecule has 1 aromatic carbocycles. The summed E-state index contributed by atoms with van der Waals surface area (Å²) < 4.78 is 14.6. The fraction of sp³-hybridized carbons (Fsp3) is 0.318. The number of carbonyl (C=O) groups excluding carboxylic acids is 1. The summed E-state index contributed by atoms with van der Waals surface area (Å²) in [6.45, 7) is 0.878. The molecule has 0 spiro atoms. The van der Waals surface area contributed by atoms with Crippen molar-refractivity contribution in [3.63, 3.8) is 0 Å². The lowest BCUT2D eigenvalue weighted by Crippen LogP contribution is -2.11. The number of pyridine rings is 1. The van der Waals surface area contributed by atoms with Gasteiger partial charge in [0, 0.05) is 19.0 Å². The molecular formula is C22H21BN4O3. The van der Waals surface area contributed by atoms with E-state index in [4.69, 9.17) is 22.3 Å². The predicted octanol–water partition coefficient (Wildman–Crippen LogP) is 2.59. The molecule has 0 saturated heterocycles. The Bertz CT molecular complexity index is 1300. The molecule has 0 atom stereocenters. The van der Waals surface area contributed by atoms with Crippen molar-refractivity contribution < 1.29 is 14.3 Å². The van der Waals surface area contributed by atoms with Crippen molar-refractivity contribution in [2.75, 3.05) is 14.2 Å². The monoisotopic (exact) mass is 400 g/mol. The van der Waals surface area contributed by atoms with Crippen LogP contribution in [0.3, 0.4) is 0 Å². The van der Waals surface area contributed by atoms with Crippen LogP contribution < -0.4 is 10.3 Å². The van der Waals surface area contributed by atoms with Crippen LogP contribution in [0.25, 0.3) is 33.6 Å². The van der Waals surface area contributed by atoms with Gasteiger partial charge in [-0.3, -0.25) is 0 Å². The summed E-state index contributed by atoms with van der Waals surface area (Å²) in [5, 5.41) is 1.02. The summed E-state index contributed by atoms with van der Waals surface area (Å²) in [7, 11) is 10.9. The summed E-state index contributed by atoms with van der Waals surface area (Å²) in [4.78, 5) is 21.5. The van der Waals surface area contributed by atoms with Gasteiger partial charge in [0.25, 0.3) is 0 Å². The van der Waals surface area contributed by atoms with E-state index in [2.05, 4.69) is 15.6 Å². The van der Waals surface area contributed by atoms with Gasteiger partial charge in [-0.25, -0.2) is 14.8 Å². The first-order valence-corrected chi connectivity index (χ1v) is 9.89. The van der Waals surface area contributed by atoms with Gasteiger partial charge >= 0.3 is 5.97 Å². The number of methoxy groups -OCH3 is 2. The molecule has 1 fully saturated rings. The van der Waals surface area contributed by atoms with Crippen LogP contribution in [0, 0.1) is 5.92 Å². The quantitative estimate of drug-likeness (QED) is 0.381. The van der Waals surface area contributed by atoms with Crippen LogP contribution in [-0.4, -0.2) is 47.1 Å². The number of aryl methyl sites for hydroxylation is 1. The molecule has 0 unspecified atom stereocenters. The van der Waals surface area contributed by atoms with Crippen LogP contribution in [0.1, 0.15) is 23.2 Å². The lowest BCUT2D eigenvalue weighted by Gasteiger charge is -2.11. The van der Waals surface area contributed by atoms with Crippen LogP contribution in [0.2, 0.25) is 0 Å². The van der Waals surface area contributed by atoms with Gasteiger partial charge in [-0.05, 0) is 42.6 Å². The van der Waals surface area contributed by atoms with Crippen LogP contribution in [0.5, 0.6) is 5.75 Å². The normalized spacial score (nSPS) is 13.8. The number of ether oxygens (including phenoxy) is 2. The molecular weight excluding hydrogens is 379 g/mol. The molecule has 1 aliphatic rings. The molecule has 0 amide bonds. The Morgan fingerprint density at radius 2 is 2.00 bits per heavy atom. The molecule has 1 aliphatic carbocycles. The fourth-order valence-corrected chi connectivity index (χ4v) is 4.00. The molecule has 3 heterocycles. The number of nitrogens with zero attached hydrogens (tertiary/aromatic N) is 4. The van der Waals surface area contributed by atoms with Crippen molar-refractivity contribution in [2.45, 2.75) is 19.4 Å². The Balaban J connectivity index is 1.76. The average molecular weight is 400 g/mol. The van der Waals surface area contributed by atoms with E-state index >= 15 is 0 Å². The van der Waals surface area contributed by atoms with Crippen molar-refractivity contribution in [1.29, 1.82) is 0 Å². The first kappa shape index (κ1) is 18.7. The minimum absolute atomic E-state index is 0.402. The highest BCUT2D eigenvalue weighted by molar-refractivity contribution is 6.31. The van der Waals surface area contributed by atoms with E-state index < -0.39 is 5.97 Å². The van der Waals surface area contributed by atoms with Crippen LogP contribution >= 0.6 is 0 Å². The minimum Gasteiger partial charge on any atom is -0.494 e. The Labute approximate surface area is 175 Å². The largest absolute Gasteiger partial charge is 0.494 e. The van der Waals surface area contributed by atoms with Crippen molar-refractivity contribution in [3.8, 4) is 17.3 Å². The highest BCUT2D eigenvalue weighted by Crippen LogP contribution is 2.37. The van der Waals surface area contributed by atoms with E-state index in [-0.39, 0.29) is 0 Å². The molecule has 0 aliphatic heterocycles. The molecule has 7 nitrogen and oxygen atoms in total. The summed E-state index contributed by atoms with van der Waals surface area (Å²) in [5.41, 5.74) is 4.22. The van der Waals surface area contributed by atoms with E-state index in [1.807, 2.05) is 23.7 Å². The number of benzene rings is 1. The Morgan fingerprint density at radius 1 is 1.20 bits per heavy atom. The zero-order chi connectivity index (χ0) is 21.0. The van der Waals surface area contributed by atoms with Gasteiger partial charge in [-0.2, -0.15) is 0 Å². The topological polar surface area (TPSA) is 71.2 Å². The van der Waals surface area contributed by atoms with Crippen molar-refractivity contribution in [3.05, 3.63) is 35.9 Å². The number of hydrogen-bond donors (Lipinski definition) is 0. The van der Waals surface area contributed by atoms with Crippen molar-refractivity contribution in [2.24, 2.45) is 13.0 Å². The van der Waals surface area contributed by atoms with Gasteiger partial charge in [-0.15, -0.1) is 0 Å². The predicted molar refractivity (Wildman–Crippen MR) is 115 cm³/mol. The standard InChI is InChI=1S/C22H21BN4O3/c1-26-19-15(8-14(22(28)30-3)10-17(19)29-2)24-21(26)16-9-13-6-7-18(23)25-20(13)27(16)11-12-4-5-12/h6-10,12H,4-5,11H2,1-3H3. The second-order valence-corrected chi connectivity index (χ2v) is 7.76. The van der Waals surface area contributed by atoms with Gasteiger partial charge in [-0.1, -0.05) is 12.1 Å². The van der Waals surface area contributed by atoms with Gasteiger partial charge in [0.15, 0.2) is 5.82 Å². The number of esters is 1. The van der Waals surface area contributed by atoms with Gasteiger partial charge in [0.05, 0.1) is 31.0 Å². The summed E-state index contributed by atoms with van der Waals surface area (Å²) in [6.07, 6.45) is 2.45. The van der Waals surface area contributed by atoms with Crippen LogP contribution in [-0.2, 0) is 18.3 Å². The first-order chi connectivity index (χ1) is 14.5. The number of fused-ring (bicyclic) bond motifs is 2. The molecule has 4 aromatic rings. The van der Waals surface area contributed by atoms with E-state index in [0.717, 1.165) is 34.6 Å². The Hall–Kier alpha value is -3.29. The third-order valence-electron chi connectivity index (χ3n) is 5.71. The average Bonchev–Trinajstić information content (AvgIpc) is 3.42. The number of hydrogen-bond acceptors (Lipinski definition) is 5. The molecule has 1 saturated carbocycles. The second kappa shape index (κ2) is 6.90. The van der Waals surface area contributed by atoms with Gasteiger partial charge < -0.3 is 18.6 Å². The van der Waals surface area contributed by atoms with E-state index in [0.29, 0.717) is 28.3 Å². The summed E-state index contributed by atoms with van der Waals surface area (Å²) in [5.74, 6) is 1.58. The molecule has 0 N–H and O–H groups in total. The molecule has 2 radical (unpaired) electrons. The molecule has 0 bridgehead atoms. The third kappa shape index (κ3) is 2.94. The first-order valence-electron chi connectivity index (χ1n) is 9.89. The minimum atomic E-state index is -0.426. The molecule has 3 aromatic heterocycles. The SMILES string of the molecule is [B]c1ccc2cc(-c3nc4cc(C(=O)OC)cc(OC)c4n3C)n(CC3CC3)c2n1. The van der Waals surface area contributed by atoms with Crippen molar-refractivity contribution >= 4 is 41.5 Å². The maximum atomic E-state index is 12.1. The lowest BCUT2D eigenvalue weighted by atomic mass is 10.0. The fourth-order valence-electron chi connectivity index (χ4n) is 4.00. The summed E-state index contributed by atoms with van der Waals surface area (Å²) >= 11 is 0. The van der Waals surface area contributed by atoms with Crippen LogP contribution in [0.4, 0.5) is 0 Å². The van der Waals surface area contributed by atoms with Crippen molar-refractivity contribution in [1.82, 2.24) is 19.1 Å². The summed E-state index contributed by atoms with van der Waals surface area (Å²) in [6, 6.07) is 9.31. The van der Waals surface area contributed by atoms with E-state index in [1.165, 1.54) is 20.0 Å². The maximum Gasteiger partial charge on any atom is 0.338 e. The highest BCUT2D eigenvalue weighted by Gasteiger charge is 2.26. The van der Waals surface area contributed by atoms with E-state index in [1.54, 1.807) is 19.2 Å². The number of carbonyl (C=O) groups is 1. The second-order valence-electron chi connectivity index (χ2n) is 7.76. The maximum absolute atomic E-state index is 12.1. The third-order valence-corrected chi connectivity index (χ3v) is 5.71. The smallest absolute Gasteiger partial charge is 0.338 e. The lowest BCUT2D eigenvalue weighted by molar-refractivity contribution is 0.0600. The molecule has 8 heteroatoms. The number of imidazole rings is 1. The molecule has 150 valence electrons. The molecule has 5 rings (SSSR count). The Kier molecular flexibility index (Phi) is 4.31.